The summed E-state index contributed by atoms with van der Waals surface area (Å²) in [5.41, 5.74) is -0.100. The lowest BCUT2D eigenvalue weighted by molar-refractivity contribution is -0.386. The van der Waals surface area contributed by atoms with E-state index in [1.54, 1.807) is 19.2 Å². The van der Waals surface area contributed by atoms with Gasteiger partial charge in [-0.2, -0.15) is 0 Å². The zero-order chi connectivity index (χ0) is 15.4. The second kappa shape index (κ2) is 6.36. The summed E-state index contributed by atoms with van der Waals surface area (Å²) in [6.07, 6.45) is 0. The Morgan fingerprint density at radius 2 is 2.19 bits per heavy atom. The minimum atomic E-state index is -0.815. The van der Waals surface area contributed by atoms with E-state index in [-0.39, 0.29) is 6.61 Å². The monoisotopic (exact) mass is 311 g/mol. The van der Waals surface area contributed by atoms with Crippen LogP contribution in [0.1, 0.15) is 5.69 Å². The molecule has 0 amide bonds. The van der Waals surface area contributed by atoms with Crippen LogP contribution in [0.15, 0.2) is 30.3 Å². The number of ether oxygens (including phenoxy) is 1. The third kappa shape index (κ3) is 3.38. The van der Waals surface area contributed by atoms with Crippen LogP contribution in [0, 0.1) is 15.9 Å². The molecular weight excluding hydrogens is 301 g/mol. The summed E-state index contributed by atoms with van der Waals surface area (Å²) in [6.45, 7) is -0.184. The number of rotatable bonds is 5. The number of nitrogens with zero attached hydrogens (tertiary/aromatic N) is 2. The molecule has 2 rings (SSSR count). The Labute approximate surface area is 124 Å². The van der Waals surface area contributed by atoms with Crippen LogP contribution in [0.5, 0.6) is 5.75 Å². The minimum Gasteiger partial charge on any atom is -0.478 e. The van der Waals surface area contributed by atoms with Gasteiger partial charge < -0.3 is 10.1 Å². The molecule has 1 N–H and O–H groups in total. The topological polar surface area (TPSA) is 77.3 Å². The van der Waals surface area contributed by atoms with E-state index in [1.165, 1.54) is 6.07 Å². The number of benzene rings is 1. The van der Waals surface area contributed by atoms with Gasteiger partial charge in [-0.3, -0.25) is 10.1 Å². The van der Waals surface area contributed by atoms with Crippen molar-refractivity contribution in [3.8, 4) is 5.75 Å². The molecule has 8 heteroatoms. The van der Waals surface area contributed by atoms with Gasteiger partial charge in [0.1, 0.15) is 12.4 Å². The van der Waals surface area contributed by atoms with Crippen molar-refractivity contribution in [2.24, 2.45) is 0 Å². The number of nitrogens with one attached hydrogen (secondary N) is 1. The van der Waals surface area contributed by atoms with Crippen molar-refractivity contribution >= 4 is 23.1 Å². The van der Waals surface area contributed by atoms with Crippen molar-refractivity contribution in [2.75, 3.05) is 12.4 Å². The third-order valence-corrected chi connectivity index (χ3v) is 3.02. The Balaban J connectivity index is 2.26. The maximum Gasteiger partial charge on any atom is 0.314 e. The molecule has 1 aromatic heterocycles. The van der Waals surface area contributed by atoms with Crippen molar-refractivity contribution in [3.63, 3.8) is 0 Å². The lowest BCUT2D eigenvalue weighted by Crippen LogP contribution is -2.04. The molecule has 0 radical (unpaired) electrons. The molecule has 0 aliphatic heterocycles. The molecule has 1 heterocycles. The molecule has 0 aliphatic carbocycles. The van der Waals surface area contributed by atoms with Crippen molar-refractivity contribution < 1.29 is 14.1 Å². The van der Waals surface area contributed by atoms with E-state index in [2.05, 4.69) is 10.3 Å². The van der Waals surface area contributed by atoms with Gasteiger partial charge in [0.05, 0.1) is 15.6 Å². The number of anilines is 1. The number of pyridine rings is 1. The highest BCUT2D eigenvalue weighted by Gasteiger charge is 2.20. The van der Waals surface area contributed by atoms with Crippen molar-refractivity contribution in [1.82, 2.24) is 4.98 Å². The van der Waals surface area contributed by atoms with Gasteiger partial charge in [-0.1, -0.05) is 17.7 Å². The van der Waals surface area contributed by atoms with Crippen LogP contribution in [0.3, 0.4) is 0 Å². The Kier molecular flexibility index (Phi) is 4.54. The molecular formula is C13H11ClFN3O3. The molecule has 21 heavy (non-hydrogen) atoms. The summed E-state index contributed by atoms with van der Waals surface area (Å²) in [6, 6.07) is 6.76. The van der Waals surface area contributed by atoms with E-state index in [1.807, 2.05) is 0 Å². The van der Waals surface area contributed by atoms with Crippen LogP contribution in [-0.2, 0) is 6.61 Å². The van der Waals surface area contributed by atoms with E-state index in [9.17, 15) is 14.5 Å². The fraction of sp³-hybridized carbons (Fsp3) is 0.154. The van der Waals surface area contributed by atoms with Gasteiger partial charge in [-0.25, -0.2) is 9.37 Å². The lowest BCUT2D eigenvalue weighted by Gasteiger charge is -2.09. The first-order valence-electron chi connectivity index (χ1n) is 5.91. The Morgan fingerprint density at radius 1 is 1.43 bits per heavy atom. The molecule has 1 aromatic carbocycles. The van der Waals surface area contributed by atoms with Gasteiger partial charge >= 0.3 is 5.69 Å². The first-order valence-corrected chi connectivity index (χ1v) is 6.29. The average Bonchev–Trinajstić information content (AvgIpc) is 2.47. The van der Waals surface area contributed by atoms with Crippen molar-refractivity contribution in [3.05, 3.63) is 57.0 Å². The van der Waals surface area contributed by atoms with Crippen molar-refractivity contribution in [2.45, 2.75) is 6.61 Å². The van der Waals surface area contributed by atoms with Crippen LogP contribution < -0.4 is 10.1 Å². The summed E-state index contributed by atoms with van der Waals surface area (Å²) in [4.78, 5) is 14.3. The standard InChI is InChI=1S/C13H11ClFN3O3/c1-16-12-6-5-8(14)10(17-12)7-21-13-9(15)3-2-4-11(13)18(19)20/h2-6H,7H2,1H3,(H,16,17). The summed E-state index contributed by atoms with van der Waals surface area (Å²) in [5, 5.41) is 14.0. The first-order chi connectivity index (χ1) is 10.0. The normalized spacial score (nSPS) is 10.2. The zero-order valence-corrected chi connectivity index (χ0v) is 11.7. The summed E-state index contributed by atoms with van der Waals surface area (Å²) in [7, 11) is 1.68. The highest BCUT2D eigenvalue weighted by atomic mass is 35.5. The van der Waals surface area contributed by atoms with Gasteiger partial charge in [-0.05, 0) is 18.2 Å². The van der Waals surface area contributed by atoms with E-state index in [0.29, 0.717) is 16.5 Å². The van der Waals surface area contributed by atoms with Gasteiger partial charge in [-0.15, -0.1) is 0 Å². The highest BCUT2D eigenvalue weighted by molar-refractivity contribution is 6.31. The third-order valence-electron chi connectivity index (χ3n) is 2.67. The van der Waals surface area contributed by atoms with Crippen LogP contribution >= 0.6 is 11.6 Å². The molecule has 0 atom stereocenters. The fourth-order valence-corrected chi connectivity index (χ4v) is 1.81. The van der Waals surface area contributed by atoms with Crippen LogP contribution in [-0.4, -0.2) is 17.0 Å². The maximum atomic E-state index is 13.7. The second-order valence-electron chi connectivity index (χ2n) is 4.01. The molecule has 2 aromatic rings. The van der Waals surface area contributed by atoms with Crippen molar-refractivity contribution in [1.29, 1.82) is 0 Å². The fourth-order valence-electron chi connectivity index (χ4n) is 1.65. The van der Waals surface area contributed by atoms with E-state index in [0.717, 1.165) is 12.1 Å². The smallest absolute Gasteiger partial charge is 0.314 e. The number of halogens is 2. The summed E-state index contributed by atoms with van der Waals surface area (Å²) >= 11 is 5.96. The predicted octanol–water partition coefficient (Wildman–Crippen LogP) is 3.40. The number of aromatic nitrogens is 1. The lowest BCUT2D eigenvalue weighted by atomic mass is 10.3. The molecule has 110 valence electrons. The Hall–Kier alpha value is -2.41. The Morgan fingerprint density at radius 3 is 2.86 bits per heavy atom. The van der Waals surface area contributed by atoms with Gasteiger partial charge in [0.2, 0.25) is 5.75 Å². The maximum absolute atomic E-state index is 13.7. The van der Waals surface area contributed by atoms with Crippen LogP contribution in [0.25, 0.3) is 0 Å². The molecule has 6 nitrogen and oxygen atoms in total. The average molecular weight is 312 g/mol. The minimum absolute atomic E-state index is 0.184. The zero-order valence-electron chi connectivity index (χ0n) is 11.0. The second-order valence-corrected chi connectivity index (χ2v) is 4.42. The first kappa shape index (κ1) is 15.0. The number of hydrogen-bond donors (Lipinski definition) is 1. The Bertz CT molecular complexity index is 682. The van der Waals surface area contributed by atoms with E-state index >= 15 is 0 Å². The van der Waals surface area contributed by atoms with Crippen LogP contribution in [0.4, 0.5) is 15.9 Å². The number of nitro benzene ring substituents is 1. The van der Waals surface area contributed by atoms with Gasteiger partial charge in [0, 0.05) is 13.1 Å². The SMILES string of the molecule is CNc1ccc(Cl)c(COc2c(F)cccc2[N+](=O)[O-])n1. The quantitative estimate of drug-likeness (QED) is 0.676. The van der Waals surface area contributed by atoms with E-state index in [4.69, 9.17) is 16.3 Å². The largest absolute Gasteiger partial charge is 0.478 e. The molecule has 0 aliphatic rings. The molecule has 0 spiro atoms. The molecule has 0 unspecified atom stereocenters. The summed E-state index contributed by atoms with van der Waals surface area (Å²) in [5.74, 6) is -0.693. The predicted molar refractivity (Wildman–Crippen MR) is 76.2 cm³/mol. The number of para-hydroxylation sites is 1. The van der Waals surface area contributed by atoms with Crippen LogP contribution in [0.2, 0.25) is 5.02 Å². The molecule has 0 bridgehead atoms. The number of nitro groups is 1. The highest BCUT2D eigenvalue weighted by Crippen LogP contribution is 2.30. The van der Waals surface area contributed by atoms with Gasteiger partial charge in [0.15, 0.2) is 5.82 Å². The molecule has 0 saturated carbocycles. The molecule has 0 saturated heterocycles. The van der Waals surface area contributed by atoms with Gasteiger partial charge in [0.25, 0.3) is 0 Å². The molecule has 0 fully saturated rings. The summed E-state index contributed by atoms with van der Waals surface area (Å²) < 4.78 is 18.9. The number of hydrogen-bond acceptors (Lipinski definition) is 5. The van der Waals surface area contributed by atoms with E-state index < -0.39 is 22.2 Å².